The third-order valence-corrected chi connectivity index (χ3v) is 5.73. The molecule has 0 bridgehead atoms. The van der Waals surface area contributed by atoms with Crippen LogP contribution in [0.15, 0.2) is 24.3 Å². The van der Waals surface area contributed by atoms with Crippen molar-refractivity contribution in [2.45, 2.75) is 26.2 Å². The first-order valence-electron chi connectivity index (χ1n) is 8.39. The molecular weight excluding hydrogens is 374 g/mol. The van der Waals surface area contributed by atoms with Crippen LogP contribution in [0.1, 0.15) is 34.1 Å². The molecule has 3 rings (SSSR count). The molecule has 0 saturated carbocycles. The summed E-state index contributed by atoms with van der Waals surface area (Å²) < 4.78 is 10.4. The zero-order valence-electron chi connectivity index (χ0n) is 14.6. The summed E-state index contributed by atoms with van der Waals surface area (Å²) in [7, 11) is 1.35. The number of methoxy groups -OCH3 is 1. The Bertz CT molecular complexity index is 833. The normalized spacial score (nSPS) is 15.9. The Balaban J connectivity index is 1.74. The van der Waals surface area contributed by atoms with Crippen LogP contribution in [0.4, 0.5) is 5.00 Å². The summed E-state index contributed by atoms with van der Waals surface area (Å²) in [6.45, 7) is 2.03. The maximum absolute atomic E-state index is 12.3. The Morgan fingerprint density at radius 2 is 2.19 bits per heavy atom. The van der Waals surface area contributed by atoms with Gasteiger partial charge in [-0.25, -0.2) is 4.79 Å². The van der Waals surface area contributed by atoms with Crippen molar-refractivity contribution in [2.24, 2.45) is 5.92 Å². The van der Waals surface area contributed by atoms with Crippen molar-refractivity contribution < 1.29 is 19.1 Å². The standard InChI is InChI=1S/C19H20ClNO4S/c1-11-6-7-14-15(8-11)26-18(17(14)19(23)24-2)21-16(22)10-25-13-5-3-4-12(20)9-13/h3-5,9,11H,6-8,10H2,1-2H3,(H,21,22)/t11-/m1/s1. The van der Waals surface area contributed by atoms with E-state index in [0.717, 1.165) is 29.7 Å². The average molecular weight is 394 g/mol. The molecule has 26 heavy (non-hydrogen) atoms. The Hall–Kier alpha value is -2.05. The third kappa shape index (κ3) is 4.19. The summed E-state index contributed by atoms with van der Waals surface area (Å²) in [5.74, 6) is 0.339. The predicted molar refractivity (Wildman–Crippen MR) is 102 cm³/mol. The molecule has 138 valence electrons. The van der Waals surface area contributed by atoms with Gasteiger partial charge in [-0.2, -0.15) is 0 Å². The van der Waals surface area contributed by atoms with Gasteiger partial charge < -0.3 is 14.8 Å². The molecule has 0 spiro atoms. The van der Waals surface area contributed by atoms with E-state index in [0.29, 0.717) is 27.3 Å². The fourth-order valence-corrected chi connectivity index (χ4v) is 4.62. The number of anilines is 1. The molecule has 1 aromatic carbocycles. The first kappa shape index (κ1) is 18.7. The van der Waals surface area contributed by atoms with Gasteiger partial charge in [-0.1, -0.05) is 24.6 Å². The largest absolute Gasteiger partial charge is 0.484 e. The number of esters is 1. The lowest BCUT2D eigenvalue weighted by Gasteiger charge is -2.18. The first-order chi connectivity index (χ1) is 12.5. The second kappa shape index (κ2) is 8.10. The van der Waals surface area contributed by atoms with Crippen molar-refractivity contribution in [1.29, 1.82) is 0 Å². The van der Waals surface area contributed by atoms with Gasteiger partial charge in [-0.15, -0.1) is 11.3 Å². The zero-order chi connectivity index (χ0) is 18.7. The molecule has 1 atom stereocenters. The molecular formula is C19H20ClNO4S. The van der Waals surface area contributed by atoms with Crippen molar-refractivity contribution in [3.8, 4) is 5.75 Å². The number of hydrogen-bond donors (Lipinski definition) is 1. The van der Waals surface area contributed by atoms with Crippen LogP contribution in [-0.2, 0) is 22.4 Å². The molecule has 0 unspecified atom stereocenters. The number of benzene rings is 1. The van der Waals surface area contributed by atoms with E-state index in [2.05, 4.69) is 12.2 Å². The van der Waals surface area contributed by atoms with Crippen LogP contribution < -0.4 is 10.1 Å². The molecule has 1 aliphatic carbocycles. The lowest BCUT2D eigenvalue weighted by atomic mass is 9.88. The van der Waals surface area contributed by atoms with Crippen LogP contribution in [0, 0.1) is 5.92 Å². The van der Waals surface area contributed by atoms with Crippen LogP contribution in [0.2, 0.25) is 5.02 Å². The van der Waals surface area contributed by atoms with Gasteiger partial charge in [0.25, 0.3) is 5.91 Å². The fraction of sp³-hybridized carbons (Fsp3) is 0.368. The number of rotatable bonds is 5. The molecule has 0 fully saturated rings. The summed E-state index contributed by atoms with van der Waals surface area (Å²) in [5, 5.41) is 3.88. The summed E-state index contributed by atoms with van der Waals surface area (Å²) >= 11 is 7.35. The number of thiophene rings is 1. The van der Waals surface area contributed by atoms with Gasteiger partial charge >= 0.3 is 5.97 Å². The van der Waals surface area contributed by atoms with Crippen LogP contribution in [0.5, 0.6) is 5.75 Å². The number of fused-ring (bicyclic) bond motifs is 1. The number of ether oxygens (including phenoxy) is 2. The minimum atomic E-state index is -0.414. The predicted octanol–water partition coefficient (Wildman–Crippen LogP) is 4.33. The minimum absolute atomic E-state index is 0.167. The lowest BCUT2D eigenvalue weighted by Crippen LogP contribution is -2.21. The Kier molecular flexibility index (Phi) is 5.84. The number of amides is 1. The van der Waals surface area contributed by atoms with Crippen LogP contribution in [0.25, 0.3) is 0 Å². The van der Waals surface area contributed by atoms with Gasteiger partial charge in [0, 0.05) is 9.90 Å². The van der Waals surface area contributed by atoms with Gasteiger partial charge in [0.05, 0.1) is 12.7 Å². The van der Waals surface area contributed by atoms with Gasteiger partial charge in [0.15, 0.2) is 6.61 Å². The highest BCUT2D eigenvalue weighted by molar-refractivity contribution is 7.17. The van der Waals surface area contributed by atoms with Gasteiger partial charge in [-0.3, -0.25) is 4.79 Å². The van der Waals surface area contributed by atoms with Crippen molar-refractivity contribution >= 4 is 39.8 Å². The topological polar surface area (TPSA) is 64.6 Å². The number of carbonyl (C=O) groups is 2. The Morgan fingerprint density at radius 1 is 1.38 bits per heavy atom. The Morgan fingerprint density at radius 3 is 2.92 bits per heavy atom. The molecule has 7 heteroatoms. The minimum Gasteiger partial charge on any atom is -0.484 e. The first-order valence-corrected chi connectivity index (χ1v) is 9.58. The third-order valence-electron chi connectivity index (χ3n) is 4.32. The summed E-state index contributed by atoms with van der Waals surface area (Å²) in [5.41, 5.74) is 1.49. The number of nitrogens with one attached hydrogen (secondary N) is 1. The number of hydrogen-bond acceptors (Lipinski definition) is 5. The molecule has 0 radical (unpaired) electrons. The summed E-state index contributed by atoms with van der Waals surface area (Å²) in [6, 6.07) is 6.85. The zero-order valence-corrected chi connectivity index (χ0v) is 16.2. The SMILES string of the molecule is COC(=O)c1c(NC(=O)COc2cccc(Cl)c2)sc2c1CC[C@@H](C)C2. The van der Waals surface area contributed by atoms with Crippen molar-refractivity contribution in [3.63, 3.8) is 0 Å². The Labute approximate surface area is 161 Å². The van der Waals surface area contributed by atoms with E-state index in [4.69, 9.17) is 21.1 Å². The molecule has 1 amide bonds. The van der Waals surface area contributed by atoms with E-state index >= 15 is 0 Å². The van der Waals surface area contributed by atoms with Gasteiger partial charge in [-0.05, 0) is 48.9 Å². The van der Waals surface area contributed by atoms with Crippen LogP contribution in [-0.4, -0.2) is 25.6 Å². The molecule has 1 aliphatic rings. The number of carbonyl (C=O) groups excluding carboxylic acids is 2. The molecule has 0 aliphatic heterocycles. The maximum Gasteiger partial charge on any atom is 0.341 e. The van der Waals surface area contributed by atoms with E-state index in [1.165, 1.54) is 18.4 Å². The van der Waals surface area contributed by atoms with Crippen molar-refractivity contribution in [3.05, 3.63) is 45.3 Å². The highest BCUT2D eigenvalue weighted by atomic mass is 35.5. The quantitative estimate of drug-likeness (QED) is 0.768. The maximum atomic E-state index is 12.3. The molecule has 1 heterocycles. The van der Waals surface area contributed by atoms with Crippen molar-refractivity contribution in [2.75, 3.05) is 19.0 Å². The summed E-state index contributed by atoms with van der Waals surface area (Å²) in [6.07, 6.45) is 2.77. The molecule has 5 nitrogen and oxygen atoms in total. The van der Waals surface area contributed by atoms with Gasteiger partial charge in [0.2, 0.25) is 0 Å². The van der Waals surface area contributed by atoms with E-state index in [1.54, 1.807) is 24.3 Å². The monoisotopic (exact) mass is 393 g/mol. The highest BCUT2D eigenvalue weighted by Gasteiger charge is 2.28. The average Bonchev–Trinajstić information content (AvgIpc) is 2.96. The van der Waals surface area contributed by atoms with E-state index in [-0.39, 0.29) is 12.5 Å². The van der Waals surface area contributed by atoms with E-state index in [9.17, 15) is 9.59 Å². The molecule has 1 N–H and O–H groups in total. The molecule has 0 saturated heterocycles. The fourth-order valence-electron chi connectivity index (χ4n) is 3.03. The smallest absolute Gasteiger partial charge is 0.341 e. The second-order valence-corrected chi connectivity index (χ2v) is 7.88. The van der Waals surface area contributed by atoms with E-state index in [1.807, 2.05) is 0 Å². The molecule has 1 aromatic heterocycles. The van der Waals surface area contributed by atoms with Crippen LogP contribution in [0.3, 0.4) is 0 Å². The van der Waals surface area contributed by atoms with Crippen LogP contribution >= 0.6 is 22.9 Å². The second-order valence-electron chi connectivity index (χ2n) is 6.34. The molecule has 2 aromatic rings. The summed E-state index contributed by atoms with van der Waals surface area (Å²) in [4.78, 5) is 25.7. The number of halogens is 1. The van der Waals surface area contributed by atoms with Crippen molar-refractivity contribution in [1.82, 2.24) is 0 Å². The highest BCUT2D eigenvalue weighted by Crippen LogP contribution is 2.40. The lowest BCUT2D eigenvalue weighted by molar-refractivity contribution is -0.118. The van der Waals surface area contributed by atoms with Gasteiger partial charge in [0.1, 0.15) is 10.8 Å². The van der Waals surface area contributed by atoms with E-state index < -0.39 is 5.97 Å².